The summed E-state index contributed by atoms with van der Waals surface area (Å²) in [5.41, 5.74) is 0. The number of hydrogen-bond acceptors (Lipinski definition) is 6. The smallest absolute Gasteiger partial charge is 0.307 e. The van der Waals surface area contributed by atoms with Crippen LogP contribution in [0.25, 0.3) is 0 Å². The fourth-order valence-electron chi connectivity index (χ4n) is 2.60. The number of carbonyl (C=O) groups excluding carboxylic acids is 3. The molecule has 1 N–H and O–H groups in total. The first-order chi connectivity index (χ1) is 11.4. The van der Waals surface area contributed by atoms with Gasteiger partial charge in [-0.25, -0.2) is 0 Å². The molecule has 1 aromatic heterocycles. The number of piperazine rings is 1. The fourth-order valence-corrected chi connectivity index (χ4v) is 2.60. The molecule has 1 atom stereocenters. The van der Waals surface area contributed by atoms with Crippen LogP contribution in [-0.2, 0) is 25.7 Å². The van der Waals surface area contributed by atoms with Crippen molar-refractivity contribution in [1.29, 1.82) is 0 Å². The molecule has 0 aromatic carbocycles. The first-order valence-electron chi connectivity index (χ1n) is 7.78. The van der Waals surface area contributed by atoms with Gasteiger partial charge in [0.05, 0.1) is 26.6 Å². The average molecular weight is 337 g/mol. The molecule has 0 aliphatic carbocycles. The van der Waals surface area contributed by atoms with Gasteiger partial charge in [-0.05, 0) is 19.1 Å². The molecule has 24 heavy (non-hydrogen) atoms. The van der Waals surface area contributed by atoms with Gasteiger partial charge in [0.1, 0.15) is 17.6 Å². The number of methoxy groups -OCH3 is 1. The Hall–Kier alpha value is -2.35. The van der Waals surface area contributed by atoms with Gasteiger partial charge in [0.25, 0.3) is 0 Å². The maximum atomic E-state index is 12.4. The van der Waals surface area contributed by atoms with Crippen LogP contribution in [0.5, 0.6) is 0 Å². The summed E-state index contributed by atoms with van der Waals surface area (Å²) in [6.07, 6.45) is -0.0727. The Morgan fingerprint density at radius 3 is 2.83 bits per heavy atom. The Balaban J connectivity index is 1.96. The van der Waals surface area contributed by atoms with Crippen molar-refractivity contribution in [3.63, 3.8) is 0 Å². The van der Waals surface area contributed by atoms with E-state index in [-0.39, 0.29) is 24.8 Å². The monoisotopic (exact) mass is 337 g/mol. The number of hydrogen-bond donors (Lipinski definition) is 1. The summed E-state index contributed by atoms with van der Waals surface area (Å²) in [5, 5.41) is 2.71. The second kappa shape index (κ2) is 7.96. The molecule has 1 saturated heterocycles. The van der Waals surface area contributed by atoms with Crippen molar-refractivity contribution in [2.75, 3.05) is 33.8 Å². The van der Waals surface area contributed by atoms with Crippen LogP contribution in [0.4, 0.5) is 0 Å². The highest BCUT2D eigenvalue weighted by molar-refractivity contribution is 5.88. The highest BCUT2D eigenvalue weighted by atomic mass is 16.5. The summed E-state index contributed by atoms with van der Waals surface area (Å²) in [6, 6.07) is 2.98. The number of aryl methyl sites for hydroxylation is 1. The predicted molar refractivity (Wildman–Crippen MR) is 84.9 cm³/mol. The average Bonchev–Trinajstić information content (AvgIpc) is 2.95. The number of nitrogens with one attached hydrogen (secondary N) is 1. The molecular formula is C16H23N3O5. The number of amides is 2. The lowest BCUT2D eigenvalue weighted by Crippen LogP contribution is -2.58. The van der Waals surface area contributed by atoms with E-state index in [9.17, 15) is 14.4 Å². The minimum atomic E-state index is -0.686. The van der Waals surface area contributed by atoms with Gasteiger partial charge in [0.2, 0.25) is 11.8 Å². The molecule has 8 heteroatoms. The van der Waals surface area contributed by atoms with E-state index in [1.807, 2.05) is 19.1 Å². The van der Waals surface area contributed by atoms with Gasteiger partial charge in [0.15, 0.2) is 0 Å². The Kier molecular flexibility index (Phi) is 5.97. The topological polar surface area (TPSA) is 92.1 Å². The van der Waals surface area contributed by atoms with E-state index >= 15 is 0 Å². The Labute approximate surface area is 140 Å². The van der Waals surface area contributed by atoms with Crippen molar-refractivity contribution in [1.82, 2.24) is 15.1 Å². The highest BCUT2D eigenvalue weighted by Gasteiger charge is 2.33. The molecule has 0 radical (unpaired) electrons. The third kappa shape index (κ3) is 4.58. The minimum Gasteiger partial charge on any atom is -0.469 e. The van der Waals surface area contributed by atoms with Gasteiger partial charge in [0, 0.05) is 20.1 Å². The van der Waals surface area contributed by atoms with Crippen molar-refractivity contribution in [3.8, 4) is 0 Å². The van der Waals surface area contributed by atoms with Crippen LogP contribution in [0.15, 0.2) is 16.5 Å². The van der Waals surface area contributed by atoms with Crippen molar-refractivity contribution in [2.45, 2.75) is 25.9 Å². The van der Waals surface area contributed by atoms with E-state index < -0.39 is 12.0 Å². The van der Waals surface area contributed by atoms with Gasteiger partial charge in [-0.3, -0.25) is 19.3 Å². The summed E-state index contributed by atoms with van der Waals surface area (Å²) in [6.45, 7) is 3.21. The van der Waals surface area contributed by atoms with Gasteiger partial charge in [-0.1, -0.05) is 0 Å². The fraction of sp³-hybridized carbons (Fsp3) is 0.562. The largest absolute Gasteiger partial charge is 0.469 e. The Morgan fingerprint density at radius 2 is 2.21 bits per heavy atom. The van der Waals surface area contributed by atoms with E-state index in [2.05, 4.69) is 10.1 Å². The van der Waals surface area contributed by atoms with E-state index in [4.69, 9.17) is 4.42 Å². The van der Waals surface area contributed by atoms with Crippen LogP contribution in [0, 0.1) is 6.92 Å². The summed E-state index contributed by atoms with van der Waals surface area (Å²) in [7, 11) is 2.96. The number of likely N-dealkylation sites (N-methyl/N-ethyl adjacent to an activating group) is 1. The third-order valence-electron chi connectivity index (χ3n) is 3.98. The number of carbonyl (C=O) groups is 3. The molecule has 132 valence electrons. The maximum absolute atomic E-state index is 12.4. The third-order valence-corrected chi connectivity index (χ3v) is 3.98. The first-order valence-corrected chi connectivity index (χ1v) is 7.78. The van der Waals surface area contributed by atoms with Gasteiger partial charge >= 0.3 is 5.97 Å². The molecule has 1 aliphatic rings. The number of esters is 1. The number of furan rings is 1. The van der Waals surface area contributed by atoms with Crippen LogP contribution in [-0.4, -0.2) is 67.4 Å². The first kappa shape index (κ1) is 18.0. The zero-order chi connectivity index (χ0) is 17.7. The van der Waals surface area contributed by atoms with Crippen molar-refractivity contribution < 1.29 is 23.5 Å². The SMILES string of the molecule is COC(=O)C[C@@H]1C(=O)NCCN1CC(=O)N(C)Cc1ccc(C)o1. The van der Waals surface area contributed by atoms with Crippen molar-refractivity contribution in [2.24, 2.45) is 0 Å². The molecule has 1 aromatic rings. The number of rotatable bonds is 6. The summed E-state index contributed by atoms with van der Waals surface area (Å²) < 4.78 is 10.1. The van der Waals surface area contributed by atoms with Crippen molar-refractivity contribution >= 4 is 17.8 Å². The van der Waals surface area contributed by atoms with Gasteiger partial charge in [-0.15, -0.1) is 0 Å². The molecule has 2 heterocycles. The van der Waals surface area contributed by atoms with Crippen molar-refractivity contribution in [3.05, 3.63) is 23.7 Å². The molecule has 2 amide bonds. The zero-order valence-electron chi connectivity index (χ0n) is 14.2. The lowest BCUT2D eigenvalue weighted by Gasteiger charge is -2.34. The molecule has 0 unspecified atom stereocenters. The Bertz CT molecular complexity index is 613. The second-order valence-electron chi connectivity index (χ2n) is 5.82. The summed E-state index contributed by atoms with van der Waals surface area (Å²) in [4.78, 5) is 39.2. The number of nitrogens with zero attached hydrogens (tertiary/aromatic N) is 2. The quantitative estimate of drug-likeness (QED) is 0.730. The van der Waals surface area contributed by atoms with E-state index in [1.165, 1.54) is 7.11 Å². The molecule has 0 bridgehead atoms. The molecule has 1 fully saturated rings. The van der Waals surface area contributed by atoms with Gasteiger partial charge in [-0.2, -0.15) is 0 Å². The second-order valence-corrected chi connectivity index (χ2v) is 5.82. The van der Waals surface area contributed by atoms with E-state index in [1.54, 1.807) is 16.8 Å². The van der Waals surface area contributed by atoms with Crippen LogP contribution in [0.3, 0.4) is 0 Å². The minimum absolute atomic E-state index is 0.0608. The molecule has 0 saturated carbocycles. The standard InChI is InChI=1S/C16H23N3O5/c1-11-4-5-12(24-11)9-18(2)14(20)10-19-7-6-17-16(22)13(19)8-15(21)23-3/h4-5,13H,6-10H2,1-3H3,(H,17,22)/t13-/m1/s1. The highest BCUT2D eigenvalue weighted by Crippen LogP contribution is 2.12. The van der Waals surface area contributed by atoms with Crippen LogP contribution < -0.4 is 5.32 Å². The summed E-state index contributed by atoms with van der Waals surface area (Å²) in [5.74, 6) is 0.605. The van der Waals surface area contributed by atoms with E-state index in [0.29, 0.717) is 25.4 Å². The molecular weight excluding hydrogens is 314 g/mol. The lowest BCUT2D eigenvalue weighted by atomic mass is 10.1. The van der Waals surface area contributed by atoms with Gasteiger partial charge < -0.3 is 19.4 Å². The molecule has 0 spiro atoms. The van der Waals surface area contributed by atoms with Crippen LogP contribution in [0.1, 0.15) is 17.9 Å². The molecule has 8 nitrogen and oxygen atoms in total. The predicted octanol–water partition coefficient (Wildman–Crippen LogP) is -0.0901. The lowest BCUT2D eigenvalue weighted by molar-refractivity contribution is -0.147. The van der Waals surface area contributed by atoms with Crippen LogP contribution in [0.2, 0.25) is 0 Å². The summed E-state index contributed by atoms with van der Waals surface area (Å²) >= 11 is 0. The normalized spacial score (nSPS) is 18.1. The zero-order valence-corrected chi connectivity index (χ0v) is 14.2. The molecule has 2 rings (SSSR count). The van der Waals surface area contributed by atoms with Crippen LogP contribution >= 0.6 is 0 Å². The van der Waals surface area contributed by atoms with E-state index in [0.717, 1.165) is 5.76 Å². The Morgan fingerprint density at radius 1 is 1.46 bits per heavy atom. The maximum Gasteiger partial charge on any atom is 0.307 e. The number of ether oxygens (including phenoxy) is 1. The molecule has 1 aliphatic heterocycles.